The Bertz CT molecular complexity index is 1130. The number of hydrogen-bond acceptors (Lipinski definition) is 5. The minimum Gasteiger partial charge on any atom is -0.321 e. The summed E-state index contributed by atoms with van der Waals surface area (Å²) in [6.45, 7) is 4.01. The Morgan fingerprint density at radius 1 is 1.21 bits per heavy atom. The number of aryl methyl sites for hydroxylation is 2. The molecule has 2 aromatic heterocycles. The molecule has 6 nitrogen and oxygen atoms in total. The van der Waals surface area contributed by atoms with E-state index < -0.39 is 9.84 Å². The van der Waals surface area contributed by atoms with Gasteiger partial charge in [-0.15, -0.1) is 11.3 Å². The van der Waals surface area contributed by atoms with E-state index >= 15 is 0 Å². The molecule has 0 unspecified atom stereocenters. The van der Waals surface area contributed by atoms with Crippen LogP contribution in [0.5, 0.6) is 0 Å². The van der Waals surface area contributed by atoms with Gasteiger partial charge in [-0.1, -0.05) is 12.1 Å². The molecule has 1 aliphatic heterocycles. The van der Waals surface area contributed by atoms with E-state index in [1.54, 1.807) is 10.7 Å². The Kier molecular flexibility index (Phi) is 4.84. The Balaban J connectivity index is 1.67. The molecular weight excluding hydrogens is 394 g/mol. The maximum atomic E-state index is 12.8. The van der Waals surface area contributed by atoms with Gasteiger partial charge < -0.3 is 5.32 Å². The van der Waals surface area contributed by atoms with Crippen molar-refractivity contribution in [3.05, 3.63) is 58.6 Å². The fourth-order valence-corrected chi connectivity index (χ4v) is 5.80. The molecule has 1 atom stereocenters. The number of thiophene rings is 1. The van der Waals surface area contributed by atoms with Gasteiger partial charge in [0, 0.05) is 5.69 Å². The molecule has 3 heterocycles. The molecule has 1 fully saturated rings. The fourth-order valence-electron chi connectivity index (χ4n) is 3.37. The van der Waals surface area contributed by atoms with Crippen molar-refractivity contribution >= 4 is 32.8 Å². The summed E-state index contributed by atoms with van der Waals surface area (Å²) in [4.78, 5) is 13.7. The minimum absolute atomic E-state index is 0.0608. The van der Waals surface area contributed by atoms with Crippen LogP contribution in [0.4, 0.5) is 5.69 Å². The number of nitrogens with zero attached hydrogens (tertiary/aromatic N) is 2. The second-order valence-electron chi connectivity index (χ2n) is 7.15. The summed E-state index contributed by atoms with van der Waals surface area (Å²) in [5, 5.41) is 9.34. The molecule has 3 aromatic rings. The van der Waals surface area contributed by atoms with Crippen LogP contribution in [0.1, 0.15) is 34.1 Å². The molecule has 0 aliphatic carbocycles. The zero-order valence-corrected chi connectivity index (χ0v) is 17.3. The van der Waals surface area contributed by atoms with Gasteiger partial charge in [0.15, 0.2) is 15.5 Å². The van der Waals surface area contributed by atoms with Gasteiger partial charge in [0.25, 0.3) is 5.91 Å². The number of nitrogens with one attached hydrogen (secondary N) is 1. The third-order valence-electron chi connectivity index (χ3n) is 5.06. The monoisotopic (exact) mass is 415 g/mol. The molecule has 0 spiro atoms. The Hall–Kier alpha value is -2.45. The van der Waals surface area contributed by atoms with Crippen LogP contribution in [0.2, 0.25) is 0 Å². The Morgan fingerprint density at radius 2 is 2.04 bits per heavy atom. The first-order chi connectivity index (χ1) is 13.3. The van der Waals surface area contributed by atoms with Crippen molar-refractivity contribution in [1.82, 2.24) is 9.78 Å². The van der Waals surface area contributed by atoms with Crippen molar-refractivity contribution in [1.29, 1.82) is 0 Å². The zero-order chi connectivity index (χ0) is 19.9. The van der Waals surface area contributed by atoms with Crippen molar-refractivity contribution in [3.8, 4) is 10.6 Å². The normalized spacial score (nSPS) is 18.3. The van der Waals surface area contributed by atoms with Crippen LogP contribution in [-0.4, -0.2) is 35.6 Å². The molecule has 1 N–H and O–H groups in total. The van der Waals surface area contributed by atoms with Crippen LogP contribution in [0.25, 0.3) is 10.6 Å². The number of carbonyl (C=O) groups is 1. The molecule has 1 amide bonds. The van der Waals surface area contributed by atoms with Gasteiger partial charge in [-0.25, -0.2) is 8.42 Å². The summed E-state index contributed by atoms with van der Waals surface area (Å²) in [5.41, 5.74) is 4.03. The highest BCUT2D eigenvalue weighted by atomic mass is 32.2. The first-order valence-electron chi connectivity index (χ1n) is 9.05. The summed E-state index contributed by atoms with van der Waals surface area (Å²) in [6, 6.07) is 11.1. The second-order valence-corrected chi connectivity index (χ2v) is 10.3. The number of benzene rings is 1. The number of amides is 1. The lowest BCUT2D eigenvalue weighted by atomic mass is 10.1. The van der Waals surface area contributed by atoms with E-state index in [2.05, 4.69) is 10.4 Å². The summed E-state index contributed by atoms with van der Waals surface area (Å²) >= 11 is 1.54. The van der Waals surface area contributed by atoms with Crippen LogP contribution >= 0.6 is 11.3 Å². The number of sulfone groups is 1. The van der Waals surface area contributed by atoms with Crippen LogP contribution in [-0.2, 0) is 9.84 Å². The second kappa shape index (κ2) is 7.18. The van der Waals surface area contributed by atoms with E-state index in [1.165, 1.54) is 11.3 Å². The molecule has 0 bridgehead atoms. The zero-order valence-electron chi connectivity index (χ0n) is 15.7. The first-order valence-corrected chi connectivity index (χ1v) is 11.7. The van der Waals surface area contributed by atoms with Gasteiger partial charge in [0.05, 0.1) is 28.1 Å². The van der Waals surface area contributed by atoms with Gasteiger partial charge >= 0.3 is 0 Å². The van der Waals surface area contributed by atoms with Gasteiger partial charge in [0.2, 0.25) is 0 Å². The standard InChI is InChI=1S/C20H21N3O3S2/c1-13-5-6-15(10-14(13)2)21-20(24)17-11-18(19-4-3-8-27-19)23(22-17)16-7-9-28(25,26)12-16/h3-6,8,10-11,16H,7,9,12H2,1-2H3,(H,21,24)/t16-/m1/s1. The lowest BCUT2D eigenvalue weighted by Gasteiger charge is -2.12. The lowest BCUT2D eigenvalue weighted by molar-refractivity contribution is 0.102. The van der Waals surface area contributed by atoms with Gasteiger partial charge in [-0.2, -0.15) is 5.10 Å². The molecule has 1 saturated heterocycles. The molecule has 1 aliphatic rings. The maximum absolute atomic E-state index is 12.8. The number of rotatable bonds is 4. The third kappa shape index (κ3) is 3.74. The molecular formula is C20H21N3O3S2. The number of aromatic nitrogens is 2. The predicted molar refractivity (Wildman–Crippen MR) is 112 cm³/mol. The summed E-state index contributed by atoms with van der Waals surface area (Å²) in [7, 11) is -3.06. The number of hydrogen-bond donors (Lipinski definition) is 1. The summed E-state index contributed by atoms with van der Waals surface area (Å²) < 4.78 is 25.6. The molecule has 146 valence electrons. The highest BCUT2D eigenvalue weighted by molar-refractivity contribution is 7.91. The Morgan fingerprint density at radius 3 is 2.68 bits per heavy atom. The van der Waals surface area contributed by atoms with E-state index in [0.29, 0.717) is 12.1 Å². The van der Waals surface area contributed by atoms with E-state index in [-0.39, 0.29) is 29.1 Å². The molecule has 1 aromatic carbocycles. The van der Waals surface area contributed by atoms with Crippen molar-refractivity contribution in [2.75, 3.05) is 16.8 Å². The average Bonchev–Trinajstić information content (AvgIpc) is 3.36. The maximum Gasteiger partial charge on any atom is 0.276 e. The quantitative estimate of drug-likeness (QED) is 0.702. The van der Waals surface area contributed by atoms with Crippen LogP contribution in [0.3, 0.4) is 0 Å². The van der Waals surface area contributed by atoms with E-state index in [9.17, 15) is 13.2 Å². The molecule has 4 rings (SSSR count). The molecule has 28 heavy (non-hydrogen) atoms. The minimum atomic E-state index is -3.06. The van der Waals surface area contributed by atoms with Crippen molar-refractivity contribution < 1.29 is 13.2 Å². The molecule has 8 heteroatoms. The topological polar surface area (TPSA) is 81.1 Å². The van der Waals surface area contributed by atoms with Crippen LogP contribution in [0.15, 0.2) is 41.8 Å². The van der Waals surface area contributed by atoms with E-state index in [1.807, 2.05) is 49.6 Å². The number of anilines is 1. The average molecular weight is 416 g/mol. The fraction of sp³-hybridized carbons (Fsp3) is 0.300. The highest BCUT2D eigenvalue weighted by Crippen LogP contribution is 2.32. The molecule has 0 radical (unpaired) electrons. The van der Waals surface area contributed by atoms with Gasteiger partial charge in [-0.05, 0) is 61.0 Å². The first kappa shape index (κ1) is 18.9. The largest absolute Gasteiger partial charge is 0.321 e. The molecule has 0 saturated carbocycles. The van der Waals surface area contributed by atoms with Crippen molar-refractivity contribution in [2.45, 2.75) is 26.3 Å². The highest BCUT2D eigenvalue weighted by Gasteiger charge is 2.32. The van der Waals surface area contributed by atoms with Gasteiger partial charge in [-0.3, -0.25) is 9.48 Å². The predicted octanol–water partition coefficient (Wildman–Crippen LogP) is 3.84. The summed E-state index contributed by atoms with van der Waals surface area (Å²) in [6.07, 6.45) is 0.514. The van der Waals surface area contributed by atoms with E-state index in [0.717, 1.165) is 21.7 Å². The van der Waals surface area contributed by atoms with E-state index in [4.69, 9.17) is 0 Å². The third-order valence-corrected chi connectivity index (χ3v) is 7.70. The lowest BCUT2D eigenvalue weighted by Crippen LogP contribution is -2.16. The Labute approximate surface area is 168 Å². The SMILES string of the molecule is Cc1ccc(NC(=O)c2cc(-c3cccs3)n([C@@H]3CCS(=O)(=O)C3)n2)cc1C. The van der Waals surface area contributed by atoms with Crippen molar-refractivity contribution in [2.24, 2.45) is 0 Å². The summed E-state index contributed by atoms with van der Waals surface area (Å²) in [5.74, 6) is -0.0858. The smallest absolute Gasteiger partial charge is 0.276 e. The van der Waals surface area contributed by atoms with Gasteiger partial charge in [0.1, 0.15) is 0 Å². The van der Waals surface area contributed by atoms with Crippen LogP contribution < -0.4 is 5.32 Å². The number of carbonyl (C=O) groups excluding carboxylic acids is 1. The van der Waals surface area contributed by atoms with Crippen LogP contribution in [0, 0.1) is 13.8 Å². The van der Waals surface area contributed by atoms with Crippen molar-refractivity contribution in [3.63, 3.8) is 0 Å².